The Kier molecular flexibility index (Phi) is 4.63. The van der Waals surface area contributed by atoms with Crippen LogP contribution in [0.3, 0.4) is 0 Å². The van der Waals surface area contributed by atoms with Crippen LogP contribution in [0, 0.1) is 5.92 Å². The van der Waals surface area contributed by atoms with E-state index in [9.17, 15) is 0 Å². The fourth-order valence-corrected chi connectivity index (χ4v) is 2.78. The van der Waals surface area contributed by atoms with Gasteiger partial charge in [0.15, 0.2) is 0 Å². The van der Waals surface area contributed by atoms with Crippen molar-refractivity contribution >= 4 is 0 Å². The molecule has 0 saturated heterocycles. The van der Waals surface area contributed by atoms with Crippen molar-refractivity contribution in [3.63, 3.8) is 0 Å². The number of nitrogens with two attached hydrogens (primary N) is 1. The van der Waals surface area contributed by atoms with E-state index in [2.05, 4.69) is 42.3 Å². The molecule has 108 valence electrons. The first kappa shape index (κ1) is 14.5. The molecule has 0 aliphatic heterocycles. The quantitative estimate of drug-likeness (QED) is 0.820. The van der Waals surface area contributed by atoms with E-state index in [4.69, 9.17) is 5.73 Å². The summed E-state index contributed by atoms with van der Waals surface area (Å²) in [6.07, 6.45) is 6.66. The highest BCUT2D eigenvalue weighted by molar-refractivity contribution is 5.08. The van der Waals surface area contributed by atoms with Crippen LogP contribution in [0.5, 0.6) is 0 Å². The SMILES string of the molecule is CC(C)C(CN)c1cncn1CC(C)N(C)C1CC1. The second-order valence-electron chi connectivity index (χ2n) is 6.30. The zero-order valence-electron chi connectivity index (χ0n) is 12.7. The lowest BCUT2D eigenvalue weighted by Gasteiger charge is -2.27. The molecular weight excluding hydrogens is 236 g/mol. The molecule has 0 aromatic carbocycles. The first-order valence-corrected chi connectivity index (χ1v) is 7.46. The molecule has 0 spiro atoms. The molecular formula is C15H28N4. The van der Waals surface area contributed by atoms with E-state index < -0.39 is 0 Å². The summed E-state index contributed by atoms with van der Waals surface area (Å²) in [5.74, 6) is 0.956. The van der Waals surface area contributed by atoms with Crippen molar-refractivity contribution in [1.29, 1.82) is 0 Å². The Bertz CT molecular complexity index is 395. The van der Waals surface area contributed by atoms with Crippen LogP contribution in [0.2, 0.25) is 0 Å². The molecule has 2 N–H and O–H groups in total. The third-order valence-corrected chi connectivity index (χ3v) is 4.46. The van der Waals surface area contributed by atoms with E-state index in [1.807, 2.05) is 12.5 Å². The predicted octanol–water partition coefficient (Wildman–Crippen LogP) is 2.06. The third-order valence-electron chi connectivity index (χ3n) is 4.46. The van der Waals surface area contributed by atoms with Crippen molar-refractivity contribution in [2.45, 2.75) is 58.2 Å². The first-order chi connectivity index (χ1) is 9.04. The summed E-state index contributed by atoms with van der Waals surface area (Å²) in [5.41, 5.74) is 7.22. The minimum atomic E-state index is 0.404. The molecule has 2 atom stereocenters. The predicted molar refractivity (Wildman–Crippen MR) is 79.1 cm³/mol. The number of hydrogen-bond acceptors (Lipinski definition) is 3. The number of hydrogen-bond donors (Lipinski definition) is 1. The molecule has 1 aliphatic carbocycles. The molecule has 19 heavy (non-hydrogen) atoms. The number of nitrogens with zero attached hydrogens (tertiary/aromatic N) is 3. The maximum Gasteiger partial charge on any atom is 0.0948 e. The summed E-state index contributed by atoms with van der Waals surface area (Å²) in [6.45, 7) is 8.46. The maximum absolute atomic E-state index is 5.93. The van der Waals surface area contributed by atoms with Crippen molar-refractivity contribution < 1.29 is 0 Å². The summed E-state index contributed by atoms with van der Waals surface area (Å²) < 4.78 is 2.29. The van der Waals surface area contributed by atoms with Crippen molar-refractivity contribution in [3.05, 3.63) is 18.2 Å². The molecule has 0 radical (unpaired) electrons. The highest BCUT2D eigenvalue weighted by atomic mass is 15.2. The third kappa shape index (κ3) is 3.37. The number of rotatable bonds is 7. The van der Waals surface area contributed by atoms with Crippen LogP contribution in [-0.2, 0) is 6.54 Å². The van der Waals surface area contributed by atoms with E-state index in [1.165, 1.54) is 18.5 Å². The van der Waals surface area contributed by atoms with Crippen molar-refractivity contribution in [2.75, 3.05) is 13.6 Å². The molecule has 1 aromatic heterocycles. The van der Waals surface area contributed by atoms with E-state index in [0.29, 0.717) is 24.4 Å². The van der Waals surface area contributed by atoms with Gasteiger partial charge in [-0.25, -0.2) is 4.98 Å². The smallest absolute Gasteiger partial charge is 0.0948 e. The molecule has 2 unspecified atom stereocenters. The van der Waals surface area contributed by atoms with Gasteiger partial charge in [-0.1, -0.05) is 13.8 Å². The molecule has 4 nitrogen and oxygen atoms in total. The minimum absolute atomic E-state index is 0.404. The highest BCUT2D eigenvalue weighted by Crippen LogP contribution is 2.28. The van der Waals surface area contributed by atoms with Gasteiger partial charge in [-0.2, -0.15) is 0 Å². The summed E-state index contributed by atoms with van der Waals surface area (Å²) in [4.78, 5) is 6.83. The van der Waals surface area contributed by atoms with Crippen LogP contribution in [0.4, 0.5) is 0 Å². The van der Waals surface area contributed by atoms with Gasteiger partial charge in [0, 0.05) is 43.0 Å². The first-order valence-electron chi connectivity index (χ1n) is 7.46. The van der Waals surface area contributed by atoms with Gasteiger partial charge in [-0.15, -0.1) is 0 Å². The van der Waals surface area contributed by atoms with Crippen LogP contribution in [0.1, 0.15) is 45.2 Å². The largest absolute Gasteiger partial charge is 0.333 e. The van der Waals surface area contributed by atoms with E-state index in [-0.39, 0.29) is 0 Å². The summed E-state index contributed by atoms with van der Waals surface area (Å²) in [7, 11) is 2.24. The molecule has 1 heterocycles. The highest BCUT2D eigenvalue weighted by Gasteiger charge is 2.29. The number of imidazole rings is 1. The van der Waals surface area contributed by atoms with Gasteiger partial charge in [0.2, 0.25) is 0 Å². The van der Waals surface area contributed by atoms with Gasteiger partial charge in [0.25, 0.3) is 0 Å². The second-order valence-corrected chi connectivity index (χ2v) is 6.30. The minimum Gasteiger partial charge on any atom is -0.333 e. The molecule has 1 aliphatic rings. The Balaban J connectivity index is 2.06. The fraction of sp³-hybridized carbons (Fsp3) is 0.800. The van der Waals surface area contributed by atoms with Gasteiger partial charge < -0.3 is 10.3 Å². The van der Waals surface area contributed by atoms with Gasteiger partial charge in [0.05, 0.1) is 6.33 Å². The Morgan fingerprint density at radius 3 is 2.63 bits per heavy atom. The average Bonchev–Trinajstić information content (AvgIpc) is 3.12. The van der Waals surface area contributed by atoms with E-state index in [1.54, 1.807) is 0 Å². The van der Waals surface area contributed by atoms with Crippen LogP contribution in [0.15, 0.2) is 12.5 Å². The van der Waals surface area contributed by atoms with Crippen LogP contribution in [0.25, 0.3) is 0 Å². The fourth-order valence-electron chi connectivity index (χ4n) is 2.78. The lowest BCUT2D eigenvalue weighted by Crippen LogP contribution is -2.35. The van der Waals surface area contributed by atoms with E-state index >= 15 is 0 Å². The Morgan fingerprint density at radius 1 is 1.42 bits per heavy atom. The normalized spacial score (nSPS) is 19.1. The lowest BCUT2D eigenvalue weighted by molar-refractivity contribution is 0.223. The van der Waals surface area contributed by atoms with Gasteiger partial charge in [-0.05, 0) is 32.7 Å². The zero-order chi connectivity index (χ0) is 14.0. The van der Waals surface area contributed by atoms with Crippen LogP contribution in [-0.4, -0.2) is 40.1 Å². The molecule has 1 fully saturated rings. The monoisotopic (exact) mass is 264 g/mol. The summed E-state index contributed by atoms with van der Waals surface area (Å²) in [6, 6.07) is 1.35. The Labute approximate surface area is 117 Å². The number of likely N-dealkylation sites (N-methyl/N-ethyl adjacent to an activating group) is 1. The van der Waals surface area contributed by atoms with E-state index in [0.717, 1.165) is 12.6 Å². The lowest BCUT2D eigenvalue weighted by atomic mass is 9.93. The average molecular weight is 264 g/mol. The maximum atomic E-state index is 5.93. The number of aromatic nitrogens is 2. The standard InChI is InChI=1S/C15H28N4/c1-11(2)14(7-16)15-8-17-10-19(15)9-12(3)18(4)13-5-6-13/h8,10-14H,5-7,9,16H2,1-4H3. The molecule has 0 bridgehead atoms. The molecule has 2 rings (SSSR count). The van der Waals surface area contributed by atoms with Gasteiger partial charge in [-0.3, -0.25) is 4.90 Å². The Morgan fingerprint density at radius 2 is 2.11 bits per heavy atom. The van der Waals surface area contributed by atoms with Gasteiger partial charge in [0.1, 0.15) is 0 Å². The molecule has 4 heteroatoms. The van der Waals surface area contributed by atoms with Gasteiger partial charge >= 0.3 is 0 Å². The van der Waals surface area contributed by atoms with Crippen LogP contribution < -0.4 is 5.73 Å². The zero-order valence-corrected chi connectivity index (χ0v) is 12.7. The molecule has 1 saturated carbocycles. The van der Waals surface area contributed by atoms with Crippen molar-refractivity contribution in [3.8, 4) is 0 Å². The van der Waals surface area contributed by atoms with Crippen molar-refractivity contribution in [1.82, 2.24) is 14.5 Å². The topological polar surface area (TPSA) is 47.1 Å². The van der Waals surface area contributed by atoms with Crippen LogP contribution >= 0.6 is 0 Å². The summed E-state index contributed by atoms with van der Waals surface area (Å²) in [5, 5.41) is 0. The molecule has 1 aromatic rings. The second kappa shape index (κ2) is 6.06. The Hall–Kier alpha value is -0.870. The summed E-state index contributed by atoms with van der Waals surface area (Å²) >= 11 is 0. The van der Waals surface area contributed by atoms with Crippen molar-refractivity contribution in [2.24, 2.45) is 11.7 Å². The molecule has 0 amide bonds.